The summed E-state index contributed by atoms with van der Waals surface area (Å²) in [6, 6.07) is 8.08. The van der Waals surface area contributed by atoms with E-state index in [0.29, 0.717) is 5.92 Å². The lowest BCUT2D eigenvalue weighted by atomic mass is 9.99. The topological polar surface area (TPSA) is 65.1 Å². The largest absolute Gasteiger partial charge is 0.441 e. The zero-order valence-corrected chi connectivity index (χ0v) is 14.7. The van der Waals surface area contributed by atoms with E-state index < -0.39 is 0 Å². The minimum atomic E-state index is 0.131. The molecule has 1 aliphatic heterocycles. The van der Waals surface area contributed by atoms with Gasteiger partial charge < -0.3 is 14.5 Å². The first-order valence-electron chi connectivity index (χ1n) is 8.87. The molecule has 0 aliphatic carbocycles. The molecule has 1 aromatic carbocycles. The highest BCUT2D eigenvalue weighted by atomic mass is 16.5. The van der Waals surface area contributed by atoms with Gasteiger partial charge in [0.05, 0.1) is 5.69 Å². The van der Waals surface area contributed by atoms with Gasteiger partial charge in [-0.25, -0.2) is 4.98 Å². The Morgan fingerprint density at radius 3 is 3.04 bits per heavy atom. The van der Waals surface area contributed by atoms with Gasteiger partial charge in [-0.05, 0) is 31.0 Å². The van der Waals surface area contributed by atoms with E-state index >= 15 is 0 Å². The molecular weight excluding hydrogens is 316 g/mol. The number of para-hydroxylation sites is 1. The molecular formula is C19H24N4O2. The highest BCUT2D eigenvalue weighted by Gasteiger charge is 2.31. The lowest BCUT2D eigenvalue weighted by Gasteiger charge is -2.19. The van der Waals surface area contributed by atoms with E-state index in [2.05, 4.69) is 28.4 Å². The fraction of sp³-hybridized carbons (Fsp3) is 0.474. The van der Waals surface area contributed by atoms with Crippen LogP contribution in [0.2, 0.25) is 0 Å². The van der Waals surface area contributed by atoms with Crippen LogP contribution in [0, 0.1) is 12.8 Å². The summed E-state index contributed by atoms with van der Waals surface area (Å²) >= 11 is 0. The number of aromatic nitrogens is 3. The summed E-state index contributed by atoms with van der Waals surface area (Å²) in [6.07, 6.45) is 3.83. The first-order valence-corrected chi connectivity index (χ1v) is 8.87. The molecule has 0 bridgehead atoms. The number of hydrogen-bond acceptors (Lipinski definition) is 5. The van der Waals surface area contributed by atoms with E-state index in [0.717, 1.165) is 60.8 Å². The number of oxazole rings is 1. The summed E-state index contributed by atoms with van der Waals surface area (Å²) in [7, 11) is 1.97. The maximum atomic E-state index is 5.93. The van der Waals surface area contributed by atoms with Crippen molar-refractivity contribution < 1.29 is 9.15 Å². The van der Waals surface area contributed by atoms with E-state index in [1.807, 2.05) is 36.1 Å². The van der Waals surface area contributed by atoms with Gasteiger partial charge in [-0.3, -0.25) is 4.68 Å². The van der Waals surface area contributed by atoms with Gasteiger partial charge in [0, 0.05) is 45.3 Å². The minimum absolute atomic E-state index is 0.131. The first kappa shape index (κ1) is 16.3. The monoisotopic (exact) mass is 340 g/mol. The second-order valence-electron chi connectivity index (χ2n) is 6.70. The number of rotatable bonds is 6. The molecule has 0 unspecified atom stereocenters. The molecule has 1 saturated heterocycles. The van der Waals surface area contributed by atoms with Crippen LogP contribution < -0.4 is 5.32 Å². The van der Waals surface area contributed by atoms with E-state index in [9.17, 15) is 0 Å². The van der Waals surface area contributed by atoms with Crippen LogP contribution >= 0.6 is 0 Å². The maximum absolute atomic E-state index is 5.93. The molecule has 3 aromatic rings. The Hall–Kier alpha value is -2.18. The average molecular weight is 340 g/mol. The Kier molecular flexibility index (Phi) is 4.55. The van der Waals surface area contributed by atoms with E-state index in [4.69, 9.17) is 9.15 Å². The van der Waals surface area contributed by atoms with Crippen LogP contribution in [0.25, 0.3) is 11.1 Å². The fourth-order valence-electron chi connectivity index (χ4n) is 3.55. The number of ether oxygens (including phenoxy) is 1. The zero-order valence-electron chi connectivity index (χ0n) is 14.7. The van der Waals surface area contributed by atoms with Crippen molar-refractivity contribution >= 4 is 11.1 Å². The number of fused-ring (bicyclic) bond motifs is 1. The number of aryl methyl sites for hydroxylation is 2. The van der Waals surface area contributed by atoms with Crippen LogP contribution in [0.1, 0.15) is 29.7 Å². The molecule has 4 rings (SSSR count). The van der Waals surface area contributed by atoms with Crippen molar-refractivity contribution in [3.63, 3.8) is 0 Å². The number of benzene rings is 1. The average Bonchev–Trinajstić information content (AvgIpc) is 3.31. The summed E-state index contributed by atoms with van der Waals surface area (Å²) in [4.78, 5) is 4.61. The van der Waals surface area contributed by atoms with E-state index in [1.54, 1.807) is 0 Å². The lowest BCUT2D eigenvalue weighted by molar-refractivity contribution is 0.0839. The van der Waals surface area contributed by atoms with E-state index in [1.165, 1.54) is 0 Å². The molecule has 132 valence electrons. The normalized spacial score (nSPS) is 20.6. The lowest BCUT2D eigenvalue weighted by Crippen LogP contribution is -2.27. The molecule has 25 heavy (non-hydrogen) atoms. The third kappa shape index (κ3) is 3.32. The van der Waals surface area contributed by atoms with Crippen molar-refractivity contribution in [3.05, 3.63) is 47.6 Å². The van der Waals surface area contributed by atoms with Crippen molar-refractivity contribution in [1.29, 1.82) is 0 Å². The Bertz CT molecular complexity index is 854. The van der Waals surface area contributed by atoms with Crippen molar-refractivity contribution in [2.75, 3.05) is 19.7 Å². The molecule has 1 aliphatic rings. The Morgan fingerprint density at radius 1 is 1.32 bits per heavy atom. The van der Waals surface area contributed by atoms with Gasteiger partial charge in [-0.15, -0.1) is 0 Å². The second kappa shape index (κ2) is 6.98. The quantitative estimate of drug-likeness (QED) is 0.699. The molecule has 6 heteroatoms. The van der Waals surface area contributed by atoms with Crippen molar-refractivity contribution in [3.8, 4) is 0 Å². The van der Waals surface area contributed by atoms with Crippen molar-refractivity contribution in [1.82, 2.24) is 20.1 Å². The predicted octanol–water partition coefficient (Wildman–Crippen LogP) is 2.78. The molecule has 2 aromatic heterocycles. The number of hydrogen-bond donors (Lipinski definition) is 1. The summed E-state index contributed by atoms with van der Waals surface area (Å²) in [6.45, 7) is 4.65. The van der Waals surface area contributed by atoms with Gasteiger partial charge in [0.25, 0.3) is 0 Å². The molecule has 3 heterocycles. The molecule has 0 radical (unpaired) electrons. The van der Waals surface area contributed by atoms with Gasteiger partial charge in [0.2, 0.25) is 0 Å². The second-order valence-corrected chi connectivity index (χ2v) is 6.70. The van der Waals surface area contributed by atoms with Crippen LogP contribution in [0.3, 0.4) is 0 Å². The maximum Gasteiger partial charge on any atom is 0.196 e. The molecule has 1 N–H and O–H groups in total. The smallest absolute Gasteiger partial charge is 0.196 e. The molecule has 1 fully saturated rings. The molecule has 0 saturated carbocycles. The number of nitrogens with one attached hydrogen (secondary N) is 1. The van der Waals surface area contributed by atoms with Gasteiger partial charge in [-0.1, -0.05) is 12.1 Å². The van der Waals surface area contributed by atoms with Gasteiger partial charge >= 0.3 is 0 Å². The highest BCUT2D eigenvalue weighted by Crippen LogP contribution is 2.33. The Balaban J connectivity index is 1.31. The van der Waals surface area contributed by atoms with Crippen molar-refractivity contribution in [2.45, 2.75) is 25.9 Å². The Morgan fingerprint density at radius 2 is 2.24 bits per heavy atom. The van der Waals surface area contributed by atoms with Crippen LogP contribution in [0.4, 0.5) is 0 Å². The molecule has 6 nitrogen and oxygen atoms in total. The minimum Gasteiger partial charge on any atom is -0.441 e. The van der Waals surface area contributed by atoms with Gasteiger partial charge in [-0.2, -0.15) is 5.10 Å². The predicted molar refractivity (Wildman–Crippen MR) is 95.3 cm³/mol. The van der Waals surface area contributed by atoms with Gasteiger partial charge in [0.15, 0.2) is 11.5 Å². The first-order chi connectivity index (χ1) is 12.2. The van der Waals surface area contributed by atoms with Crippen LogP contribution in [-0.4, -0.2) is 34.5 Å². The van der Waals surface area contributed by atoms with Crippen LogP contribution in [0.5, 0.6) is 0 Å². The highest BCUT2D eigenvalue weighted by molar-refractivity contribution is 5.76. The molecule has 2 atom stereocenters. The molecule has 0 spiro atoms. The van der Waals surface area contributed by atoms with Crippen molar-refractivity contribution in [2.24, 2.45) is 13.0 Å². The Labute approximate surface area is 147 Å². The third-order valence-electron chi connectivity index (χ3n) is 4.95. The van der Waals surface area contributed by atoms with Crippen LogP contribution in [0.15, 0.2) is 34.9 Å². The third-order valence-corrected chi connectivity index (χ3v) is 4.95. The number of nitrogens with zero attached hydrogens (tertiary/aromatic N) is 3. The van der Waals surface area contributed by atoms with Gasteiger partial charge in [0.1, 0.15) is 11.6 Å². The fourth-order valence-corrected chi connectivity index (χ4v) is 3.55. The standard InChI is InChI=1S/C19H24N4O2/c1-13-4-3-5-16-18(13)22-17(25-16)7-9-20-12-14-8-11-24-19(14)15-6-10-21-23(15)2/h3-6,10,14,19-20H,7-9,11-12H2,1-2H3/t14-,19+/m0/s1. The zero-order chi connectivity index (χ0) is 17.2. The van der Waals surface area contributed by atoms with E-state index in [-0.39, 0.29) is 6.10 Å². The van der Waals surface area contributed by atoms with Crippen LogP contribution in [-0.2, 0) is 18.2 Å². The summed E-state index contributed by atoms with van der Waals surface area (Å²) in [5.74, 6) is 1.27. The SMILES string of the molecule is Cc1cccc2oc(CCNC[C@@H]3CCO[C@H]3c3ccnn3C)nc12. The summed E-state index contributed by atoms with van der Waals surface area (Å²) in [5, 5.41) is 7.79. The summed E-state index contributed by atoms with van der Waals surface area (Å²) in [5.41, 5.74) is 4.15. The summed E-state index contributed by atoms with van der Waals surface area (Å²) < 4.78 is 13.7. The molecule has 0 amide bonds.